The largest absolute Gasteiger partial charge is 0.301 e. The van der Waals surface area contributed by atoms with Crippen LogP contribution < -0.4 is 0 Å². The number of hydrogen-bond acceptors (Lipinski definition) is 1. The lowest BCUT2D eigenvalue weighted by molar-refractivity contribution is 0.521. The van der Waals surface area contributed by atoms with E-state index in [-0.39, 0.29) is 0 Å². The molecule has 0 aliphatic carbocycles. The van der Waals surface area contributed by atoms with Crippen LogP contribution in [0.25, 0.3) is 0 Å². The van der Waals surface area contributed by atoms with E-state index < -0.39 is 0 Å². The first-order valence-corrected chi connectivity index (χ1v) is 2.47. The molecule has 0 rings (SSSR count). The van der Waals surface area contributed by atoms with Crippen molar-refractivity contribution in [1.29, 1.82) is 0 Å². The lowest BCUT2D eigenvalue weighted by Crippen LogP contribution is -2.04. The molecule has 7 heavy (non-hydrogen) atoms. The van der Waals surface area contributed by atoms with Crippen LogP contribution in [0.3, 0.4) is 0 Å². The van der Waals surface area contributed by atoms with Gasteiger partial charge in [0, 0.05) is 12.1 Å². The maximum Gasteiger partial charge on any atom is 0.0475 e. The molecule has 0 saturated heterocycles. The van der Waals surface area contributed by atoms with Gasteiger partial charge in [-0.15, -0.1) is 0 Å². The summed E-state index contributed by atoms with van der Waals surface area (Å²) in [6.07, 6.45) is 1.77. The quantitative estimate of drug-likeness (QED) is 0.531. The average molecular weight is 119 g/mol. The van der Waals surface area contributed by atoms with Crippen LogP contribution in [0.15, 0.2) is 11.6 Å². The molecule has 0 unspecified atom stereocenters. The highest BCUT2D eigenvalue weighted by molar-refractivity contribution is 6.25. The van der Waals surface area contributed by atoms with Gasteiger partial charge in [0.2, 0.25) is 0 Å². The second-order valence-electron chi connectivity index (χ2n) is 1.43. The molecule has 1 nitrogen and oxygen atoms in total. The summed E-state index contributed by atoms with van der Waals surface area (Å²) in [5.41, 5.74) is 1.47. The Bertz CT molecular complexity index is 59.1. The van der Waals surface area contributed by atoms with Crippen molar-refractivity contribution in [3.05, 3.63) is 18.2 Å². The summed E-state index contributed by atoms with van der Waals surface area (Å²) in [6, 6.07) is 0. The van der Waals surface area contributed by atoms with E-state index in [4.69, 9.17) is 11.6 Å². The van der Waals surface area contributed by atoms with E-state index in [1.54, 1.807) is 6.08 Å². The molecule has 0 spiro atoms. The van der Waals surface area contributed by atoms with Crippen LogP contribution >= 0.6 is 11.6 Å². The first kappa shape index (κ1) is 6.99. The molecule has 0 heterocycles. The minimum Gasteiger partial charge on any atom is -0.301 e. The van der Waals surface area contributed by atoms with Crippen molar-refractivity contribution in [2.75, 3.05) is 14.1 Å². The number of likely N-dealkylation sites (N-methyl/N-ethyl adjacent to an activating group) is 1. The van der Waals surface area contributed by atoms with Gasteiger partial charge < -0.3 is 4.90 Å². The van der Waals surface area contributed by atoms with E-state index in [0.29, 0.717) is 0 Å². The maximum absolute atomic E-state index is 5.21. The minimum absolute atomic E-state index is 1.47. The average Bonchev–Trinajstić information content (AvgIpc) is 1.61. The molecular weight excluding hydrogens is 110 g/mol. The number of hydrogen-bond donors (Lipinski definition) is 0. The minimum atomic E-state index is 1.47. The van der Waals surface area contributed by atoms with Gasteiger partial charge in [-0.25, -0.2) is 0 Å². The van der Waals surface area contributed by atoms with Crippen LogP contribution in [0.5, 0.6) is 0 Å². The van der Waals surface area contributed by atoms with Gasteiger partial charge in [0.1, 0.15) is 0 Å². The van der Waals surface area contributed by atoms with Crippen LogP contribution in [0.2, 0.25) is 0 Å². The highest BCUT2D eigenvalue weighted by Crippen LogP contribution is 1.85. The first-order valence-electron chi connectivity index (χ1n) is 2.04. The van der Waals surface area contributed by atoms with E-state index in [0.717, 1.165) is 0 Å². The number of halogens is 1. The smallest absolute Gasteiger partial charge is 0.0475 e. The highest BCUT2D eigenvalue weighted by Gasteiger charge is 1.78. The highest BCUT2D eigenvalue weighted by atomic mass is 35.5. The molecule has 0 aliphatic heterocycles. The SMILES string of the molecule is CN(C)[CH]/C=C/Cl. The Hall–Kier alpha value is -0.0100. The zero-order chi connectivity index (χ0) is 5.70. The van der Waals surface area contributed by atoms with Crippen molar-refractivity contribution in [3.63, 3.8) is 0 Å². The monoisotopic (exact) mass is 118 g/mol. The van der Waals surface area contributed by atoms with Crippen LogP contribution in [-0.2, 0) is 0 Å². The fourth-order valence-corrected chi connectivity index (χ4v) is 0.270. The van der Waals surface area contributed by atoms with E-state index in [2.05, 4.69) is 0 Å². The van der Waals surface area contributed by atoms with E-state index in [1.165, 1.54) is 5.54 Å². The fourth-order valence-electron chi connectivity index (χ4n) is 0.205. The third-order valence-electron chi connectivity index (χ3n) is 0.457. The summed E-state index contributed by atoms with van der Waals surface area (Å²) < 4.78 is 0. The molecule has 1 radical (unpaired) electrons. The van der Waals surface area contributed by atoms with Gasteiger partial charge in [0.05, 0.1) is 0 Å². The molecule has 2 heteroatoms. The Balaban J connectivity index is 2.97. The summed E-state index contributed by atoms with van der Waals surface area (Å²) >= 11 is 5.21. The Morgan fingerprint density at radius 2 is 2.00 bits per heavy atom. The molecule has 41 valence electrons. The molecule has 0 saturated carbocycles. The summed E-state index contributed by atoms with van der Waals surface area (Å²) in [7, 11) is 3.88. The molecule has 0 fully saturated rings. The summed E-state index contributed by atoms with van der Waals surface area (Å²) in [6.45, 7) is 1.87. The van der Waals surface area contributed by atoms with Crippen molar-refractivity contribution in [2.24, 2.45) is 0 Å². The third kappa shape index (κ3) is 5.99. The molecule has 0 aromatic carbocycles. The van der Waals surface area contributed by atoms with Crippen molar-refractivity contribution in [3.8, 4) is 0 Å². The van der Waals surface area contributed by atoms with Gasteiger partial charge in [-0.2, -0.15) is 0 Å². The standard InChI is InChI=1S/C5H9ClN/c1-7(2)5-3-4-6/h3-5H,1-2H3/b4-3+. The Morgan fingerprint density at radius 1 is 1.43 bits per heavy atom. The van der Waals surface area contributed by atoms with Crippen LogP contribution in [0, 0.1) is 6.54 Å². The van der Waals surface area contributed by atoms with Crippen LogP contribution in [-0.4, -0.2) is 19.0 Å². The molecule has 0 aromatic rings. The summed E-state index contributed by atoms with van der Waals surface area (Å²) in [5.74, 6) is 0. The van der Waals surface area contributed by atoms with Crippen molar-refractivity contribution in [1.82, 2.24) is 4.90 Å². The normalized spacial score (nSPS) is 11.4. The molecule has 0 N–H and O–H groups in total. The number of nitrogens with zero attached hydrogens (tertiary/aromatic N) is 1. The van der Waals surface area contributed by atoms with Gasteiger partial charge >= 0.3 is 0 Å². The van der Waals surface area contributed by atoms with Crippen LogP contribution in [0.1, 0.15) is 0 Å². The maximum atomic E-state index is 5.21. The zero-order valence-corrected chi connectivity index (χ0v) is 5.31. The van der Waals surface area contributed by atoms with Crippen molar-refractivity contribution in [2.45, 2.75) is 0 Å². The molecule has 0 aliphatic rings. The van der Waals surface area contributed by atoms with Gasteiger partial charge in [-0.05, 0) is 14.1 Å². The number of rotatable bonds is 2. The van der Waals surface area contributed by atoms with Gasteiger partial charge in [0.25, 0.3) is 0 Å². The molecule has 0 bridgehead atoms. The Labute approximate surface area is 49.6 Å². The van der Waals surface area contributed by atoms with Crippen LogP contribution in [0.4, 0.5) is 0 Å². The van der Waals surface area contributed by atoms with Gasteiger partial charge in [-0.1, -0.05) is 17.7 Å². The molecule has 0 amide bonds. The second-order valence-corrected chi connectivity index (χ2v) is 1.68. The van der Waals surface area contributed by atoms with E-state index in [1.807, 2.05) is 25.5 Å². The Kier molecular flexibility index (Phi) is 4.15. The lowest BCUT2D eigenvalue weighted by Gasteiger charge is -2.00. The molecular formula is C5H9ClN. The predicted molar refractivity (Wildman–Crippen MR) is 33.0 cm³/mol. The molecule has 0 atom stereocenters. The first-order chi connectivity index (χ1) is 3.27. The van der Waals surface area contributed by atoms with Crippen molar-refractivity contribution >= 4 is 11.6 Å². The zero-order valence-electron chi connectivity index (χ0n) is 4.56. The topological polar surface area (TPSA) is 3.24 Å². The Morgan fingerprint density at radius 3 is 2.14 bits per heavy atom. The van der Waals surface area contributed by atoms with Crippen molar-refractivity contribution < 1.29 is 0 Å². The van der Waals surface area contributed by atoms with E-state index in [9.17, 15) is 0 Å². The summed E-state index contributed by atoms with van der Waals surface area (Å²) in [4.78, 5) is 1.92. The summed E-state index contributed by atoms with van der Waals surface area (Å²) in [5, 5.41) is 0. The predicted octanol–water partition coefficient (Wildman–Crippen LogP) is 1.46. The fraction of sp³-hybridized carbons (Fsp3) is 0.400. The lowest BCUT2D eigenvalue weighted by atomic mass is 10.6. The van der Waals surface area contributed by atoms with Gasteiger partial charge in [0.15, 0.2) is 0 Å². The molecule has 0 aromatic heterocycles. The second kappa shape index (κ2) is 4.16. The van der Waals surface area contributed by atoms with E-state index >= 15 is 0 Å². The van der Waals surface area contributed by atoms with Gasteiger partial charge in [-0.3, -0.25) is 0 Å². The third-order valence-corrected chi connectivity index (χ3v) is 0.602.